The van der Waals surface area contributed by atoms with E-state index in [1.165, 1.54) is 0 Å². The zero-order valence-electron chi connectivity index (χ0n) is 14.3. The van der Waals surface area contributed by atoms with Gasteiger partial charge in [-0.05, 0) is 17.2 Å². The molecular weight excluding hydrogens is 332 g/mol. The number of hydrogen-bond donors (Lipinski definition) is 4. The first-order valence-electron chi connectivity index (χ1n) is 8.15. The van der Waals surface area contributed by atoms with Gasteiger partial charge in [-0.1, -0.05) is 42.5 Å². The number of urea groups is 1. The number of ether oxygens (including phenoxy) is 1. The van der Waals surface area contributed by atoms with E-state index >= 15 is 0 Å². The molecule has 0 bridgehead atoms. The fourth-order valence-electron chi connectivity index (χ4n) is 2.69. The fraction of sp³-hybridized carbons (Fsp3) is 0.158. The number of methoxy groups -OCH3 is 1. The van der Waals surface area contributed by atoms with Crippen LogP contribution in [-0.2, 0) is 17.9 Å². The molecule has 1 heterocycles. The number of benzene rings is 2. The van der Waals surface area contributed by atoms with E-state index < -0.39 is 11.9 Å². The van der Waals surface area contributed by atoms with Crippen molar-refractivity contribution >= 4 is 22.8 Å². The summed E-state index contributed by atoms with van der Waals surface area (Å²) in [4.78, 5) is 27.2. The summed E-state index contributed by atoms with van der Waals surface area (Å²) in [7, 11) is 1.62. The molecular formula is C19H20N4O3. The van der Waals surface area contributed by atoms with Crippen LogP contribution in [0.15, 0.2) is 54.7 Å². The number of aromatic nitrogens is 1. The van der Waals surface area contributed by atoms with Crippen molar-refractivity contribution in [3.8, 4) is 0 Å². The van der Waals surface area contributed by atoms with Gasteiger partial charge in [0.25, 0.3) is 5.91 Å². The molecule has 134 valence electrons. The summed E-state index contributed by atoms with van der Waals surface area (Å²) in [6, 6.07) is 14.6. The molecule has 3 rings (SSSR count). The van der Waals surface area contributed by atoms with Crippen LogP contribution in [0.1, 0.15) is 21.5 Å². The maximum atomic E-state index is 12.2. The van der Waals surface area contributed by atoms with Crippen molar-refractivity contribution in [2.45, 2.75) is 13.2 Å². The lowest BCUT2D eigenvalue weighted by atomic mass is 10.1. The Morgan fingerprint density at radius 3 is 2.54 bits per heavy atom. The Labute approximate surface area is 150 Å². The van der Waals surface area contributed by atoms with Crippen LogP contribution in [-0.4, -0.2) is 24.0 Å². The molecule has 3 aromatic rings. The number of nitrogens with one attached hydrogen (secondary N) is 4. The van der Waals surface area contributed by atoms with E-state index in [9.17, 15) is 9.59 Å². The van der Waals surface area contributed by atoms with Crippen LogP contribution in [0.3, 0.4) is 0 Å². The maximum Gasteiger partial charge on any atom is 0.333 e. The lowest BCUT2D eigenvalue weighted by molar-refractivity contribution is 0.0938. The Hall–Kier alpha value is -3.32. The topological polar surface area (TPSA) is 95.2 Å². The third kappa shape index (κ3) is 4.01. The van der Waals surface area contributed by atoms with E-state index in [-0.39, 0.29) is 0 Å². The minimum atomic E-state index is -0.495. The van der Waals surface area contributed by atoms with Gasteiger partial charge in [0.15, 0.2) is 0 Å². The molecule has 0 unspecified atom stereocenters. The Balaban J connectivity index is 1.54. The summed E-state index contributed by atoms with van der Waals surface area (Å²) in [5.74, 6) is -0.391. The molecule has 0 aliphatic rings. The van der Waals surface area contributed by atoms with Crippen LogP contribution in [0, 0.1) is 0 Å². The largest absolute Gasteiger partial charge is 0.380 e. The Morgan fingerprint density at radius 2 is 1.73 bits per heavy atom. The predicted octanol–water partition coefficient (Wildman–Crippen LogP) is 2.46. The zero-order chi connectivity index (χ0) is 18.4. The van der Waals surface area contributed by atoms with Crippen molar-refractivity contribution in [1.82, 2.24) is 21.2 Å². The van der Waals surface area contributed by atoms with Crippen LogP contribution in [0.25, 0.3) is 10.9 Å². The van der Waals surface area contributed by atoms with Gasteiger partial charge in [0.2, 0.25) is 0 Å². The number of carbonyl (C=O) groups excluding carboxylic acids is 2. The number of H-pyrrole nitrogens is 1. The third-order valence-corrected chi connectivity index (χ3v) is 3.98. The molecule has 7 heteroatoms. The average Bonchev–Trinajstić information content (AvgIpc) is 3.10. The van der Waals surface area contributed by atoms with Gasteiger partial charge in [-0.3, -0.25) is 10.2 Å². The number of rotatable bonds is 5. The van der Waals surface area contributed by atoms with E-state index in [2.05, 4.69) is 21.2 Å². The Bertz CT molecular complexity index is 920. The first-order valence-corrected chi connectivity index (χ1v) is 8.15. The molecule has 0 aliphatic heterocycles. The summed E-state index contributed by atoms with van der Waals surface area (Å²) in [5.41, 5.74) is 8.04. The molecule has 0 radical (unpaired) electrons. The van der Waals surface area contributed by atoms with Gasteiger partial charge >= 0.3 is 6.03 Å². The molecule has 0 aliphatic carbocycles. The second-order valence-electron chi connectivity index (χ2n) is 5.71. The standard InChI is InChI=1S/C19H20N4O3/c1-26-12-14-7-3-2-6-13(14)10-21-19(25)23-22-18(24)16-11-20-17-9-5-4-8-15(16)17/h2-9,11,20H,10,12H2,1H3,(H,22,24)(H2,21,23,25). The van der Waals surface area contributed by atoms with Crippen molar-refractivity contribution in [2.75, 3.05) is 7.11 Å². The normalized spacial score (nSPS) is 10.5. The highest BCUT2D eigenvalue weighted by Gasteiger charge is 2.12. The molecule has 0 atom stereocenters. The lowest BCUT2D eigenvalue weighted by Crippen LogP contribution is -2.46. The van der Waals surface area contributed by atoms with E-state index in [4.69, 9.17) is 4.74 Å². The fourth-order valence-corrected chi connectivity index (χ4v) is 2.69. The first kappa shape index (κ1) is 17.5. The van der Waals surface area contributed by atoms with Gasteiger partial charge in [-0.2, -0.15) is 0 Å². The van der Waals surface area contributed by atoms with Crippen LogP contribution in [0.4, 0.5) is 4.79 Å². The van der Waals surface area contributed by atoms with Crippen LogP contribution in [0.5, 0.6) is 0 Å². The highest BCUT2D eigenvalue weighted by molar-refractivity contribution is 6.07. The number of carbonyl (C=O) groups is 2. The summed E-state index contributed by atoms with van der Waals surface area (Å²) in [6.07, 6.45) is 1.61. The highest BCUT2D eigenvalue weighted by Crippen LogP contribution is 2.17. The smallest absolute Gasteiger partial charge is 0.333 e. The first-order chi connectivity index (χ1) is 12.7. The summed E-state index contributed by atoms with van der Waals surface area (Å²) >= 11 is 0. The number of fused-ring (bicyclic) bond motifs is 1. The molecule has 0 saturated heterocycles. The molecule has 4 N–H and O–H groups in total. The minimum Gasteiger partial charge on any atom is -0.380 e. The van der Waals surface area contributed by atoms with Gasteiger partial charge in [0, 0.05) is 30.8 Å². The second kappa shape index (κ2) is 8.17. The molecule has 0 saturated carbocycles. The van der Waals surface area contributed by atoms with Crippen molar-refractivity contribution in [3.05, 3.63) is 71.4 Å². The van der Waals surface area contributed by atoms with Crippen molar-refractivity contribution in [2.24, 2.45) is 0 Å². The van der Waals surface area contributed by atoms with Gasteiger partial charge in [-0.15, -0.1) is 0 Å². The average molecular weight is 352 g/mol. The van der Waals surface area contributed by atoms with Crippen LogP contribution in [0.2, 0.25) is 0 Å². The molecule has 26 heavy (non-hydrogen) atoms. The Morgan fingerprint density at radius 1 is 1.00 bits per heavy atom. The summed E-state index contributed by atoms with van der Waals surface area (Å²) < 4.78 is 5.14. The number of hydrazine groups is 1. The van der Waals surface area contributed by atoms with Gasteiger partial charge in [0.05, 0.1) is 12.2 Å². The van der Waals surface area contributed by atoms with E-state index in [0.29, 0.717) is 18.7 Å². The summed E-state index contributed by atoms with van der Waals surface area (Å²) in [5, 5.41) is 3.50. The van der Waals surface area contributed by atoms with E-state index in [0.717, 1.165) is 22.0 Å². The number of hydrogen-bond acceptors (Lipinski definition) is 3. The molecule has 2 aromatic carbocycles. The number of amides is 3. The number of aromatic amines is 1. The van der Waals surface area contributed by atoms with Gasteiger partial charge in [0.1, 0.15) is 0 Å². The monoisotopic (exact) mass is 352 g/mol. The predicted molar refractivity (Wildman–Crippen MR) is 98.3 cm³/mol. The molecule has 7 nitrogen and oxygen atoms in total. The van der Waals surface area contributed by atoms with Crippen molar-refractivity contribution < 1.29 is 14.3 Å². The summed E-state index contributed by atoms with van der Waals surface area (Å²) in [6.45, 7) is 0.797. The SMILES string of the molecule is COCc1ccccc1CNC(=O)NNC(=O)c1c[nH]c2ccccc12. The second-order valence-corrected chi connectivity index (χ2v) is 5.71. The molecule has 0 spiro atoms. The van der Waals surface area contributed by atoms with E-state index in [1.807, 2.05) is 48.5 Å². The maximum absolute atomic E-state index is 12.2. The lowest BCUT2D eigenvalue weighted by Gasteiger charge is -2.11. The minimum absolute atomic E-state index is 0.328. The quantitative estimate of drug-likeness (QED) is 0.531. The Kier molecular flexibility index (Phi) is 5.50. The third-order valence-electron chi connectivity index (χ3n) is 3.98. The molecule has 0 fully saturated rings. The van der Waals surface area contributed by atoms with Crippen LogP contribution < -0.4 is 16.2 Å². The van der Waals surface area contributed by atoms with Gasteiger partial charge < -0.3 is 15.0 Å². The van der Waals surface area contributed by atoms with Crippen LogP contribution >= 0.6 is 0 Å². The number of para-hydroxylation sites is 1. The molecule has 1 aromatic heterocycles. The van der Waals surface area contributed by atoms with Gasteiger partial charge in [-0.25, -0.2) is 10.2 Å². The highest BCUT2D eigenvalue weighted by atomic mass is 16.5. The van der Waals surface area contributed by atoms with Crippen molar-refractivity contribution in [1.29, 1.82) is 0 Å². The molecule has 3 amide bonds. The zero-order valence-corrected chi connectivity index (χ0v) is 14.3. The van der Waals surface area contributed by atoms with Crippen molar-refractivity contribution in [3.63, 3.8) is 0 Å². The van der Waals surface area contributed by atoms with E-state index in [1.54, 1.807) is 13.3 Å².